The number of methoxy groups -OCH3 is 1. The average molecular weight is 474 g/mol. The zero-order chi connectivity index (χ0) is 23.8. The number of nitrogens with zero attached hydrogens (tertiary/aromatic N) is 2. The molecule has 1 amide bonds. The van der Waals surface area contributed by atoms with Crippen molar-refractivity contribution in [2.24, 2.45) is 5.92 Å². The lowest BCUT2D eigenvalue weighted by molar-refractivity contribution is -0.137. The molecule has 3 rings (SSSR count). The number of hydrogen-bond donors (Lipinski definition) is 1. The van der Waals surface area contributed by atoms with Crippen LogP contribution in [0.5, 0.6) is 0 Å². The zero-order valence-corrected chi connectivity index (χ0v) is 19.3. The Hall–Kier alpha value is -1.87. The van der Waals surface area contributed by atoms with Gasteiger partial charge in [-0.25, -0.2) is 4.39 Å². The minimum atomic E-state index is -4.48. The van der Waals surface area contributed by atoms with Crippen molar-refractivity contribution in [3.8, 4) is 0 Å². The number of ether oxygens (including phenoxy) is 1. The first-order valence-electron chi connectivity index (χ1n) is 11.9. The zero-order valence-electron chi connectivity index (χ0n) is 19.3. The summed E-state index contributed by atoms with van der Waals surface area (Å²) in [6.07, 6.45) is 2.04. The number of halogens is 4. The molecule has 1 saturated heterocycles. The summed E-state index contributed by atoms with van der Waals surface area (Å²) in [5.74, 6) is 0.121. The van der Waals surface area contributed by atoms with Crippen molar-refractivity contribution >= 4 is 11.6 Å². The van der Waals surface area contributed by atoms with Gasteiger partial charge in [0.1, 0.15) is 5.82 Å². The van der Waals surface area contributed by atoms with E-state index in [0.29, 0.717) is 45.1 Å². The van der Waals surface area contributed by atoms with Crippen LogP contribution in [0.3, 0.4) is 0 Å². The van der Waals surface area contributed by atoms with E-state index in [0.717, 1.165) is 63.3 Å². The van der Waals surface area contributed by atoms with Crippen LogP contribution in [0.25, 0.3) is 0 Å². The Bertz CT molecular complexity index is 759. The summed E-state index contributed by atoms with van der Waals surface area (Å²) in [5, 5.41) is 3.13. The maximum Gasteiger partial charge on any atom is 0.416 e. The quantitative estimate of drug-likeness (QED) is 0.425. The van der Waals surface area contributed by atoms with Gasteiger partial charge in [-0.1, -0.05) is 0 Å². The Kier molecular flexibility index (Phi) is 9.37. The van der Waals surface area contributed by atoms with E-state index in [4.69, 9.17) is 4.74 Å². The second-order valence-electron chi connectivity index (χ2n) is 9.16. The van der Waals surface area contributed by atoms with Gasteiger partial charge in [0, 0.05) is 52.4 Å². The first-order chi connectivity index (χ1) is 15.8. The number of rotatable bonds is 9. The van der Waals surface area contributed by atoms with Crippen molar-refractivity contribution in [1.29, 1.82) is 0 Å². The second-order valence-corrected chi connectivity index (χ2v) is 9.16. The van der Waals surface area contributed by atoms with E-state index in [2.05, 4.69) is 10.2 Å². The topological polar surface area (TPSA) is 44.8 Å². The van der Waals surface area contributed by atoms with Crippen molar-refractivity contribution in [3.63, 3.8) is 0 Å². The van der Waals surface area contributed by atoms with Crippen LogP contribution in [0.2, 0.25) is 0 Å². The van der Waals surface area contributed by atoms with E-state index in [1.807, 2.05) is 0 Å². The highest BCUT2D eigenvalue weighted by Crippen LogP contribution is 2.33. The molecule has 33 heavy (non-hydrogen) atoms. The molecule has 2 aliphatic rings. The Morgan fingerprint density at radius 2 is 1.82 bits per heavy atom. The second kappa shape index (κ2) is 12.0. The van der Waals surface area contributed by atoms with Gasteiger partial charge in [-0.2, -0.15) is 13.2 Å². The molecule has 5 nitrogen and oxygen atoms in total. The van der Waals surface area contributed by atoms with E-state index in [1.54, 1.807) is 12.0 Å². The van der Waals surface area contributed by atoms with Gasteiger partial charge < -0.3 is 15.0 Å². The number of carbonyl (C=O) groups excluding carboxylic acids is 1. The minimum absolute atomic E-state index is 0.0343. The lowest BCUT2D eigenvalue weighted by Gasteiger charge is -2.37. The van der Waals surface area contributed by atoms with Gasteiger partial charge in [-0.15, -0.1) is 0 Å². The smallest absolute Gasteiger partial charge is 0.385 e. The molecule has 1 heterocycles. The molecule has 1 N–H and O–H groups in total. The lowest BCUT2D eigenvalue weighted by Crippen LogP contribution is -2.47. The number of benzene rings is 1. The van der Waals surface area contributed by atoms with Crippen molar-refractivity contribution in [1.82, 2.24) is 10.2 Å². The molecule has 0 aromatic heterocycles. The molecule has 1 aromatic rings. The normalized spacial score (nSPS) is 22.4. The van der Waals surface area contributed by atoms with Crippen LogP contribution in [-0.2, 0) is 15.7 Å². The molecular formula is C24H35F4N3O2. The molecule has 1 aliphatic carbocycles. The summed E-state index contributed by atoms with van der Waals surface area (Å²) < 4.78 is 58.1. The lowest BCUT2D eigenvalue weighted by atomic mass is 9.84. The molecule has 0 atom stereocenters. The highest BCUT2D eigenvalue weighted by molar-refractivity contribution is 5.76. The fourth-order valence-electron chi connectivity index (χ4n) is 4.78. The Labute approximate surface area is 193 Å². The Morgan fingerprint density at radius 1 is 1.12 bits per heavy atom. The predicted molar refractivity (Wildman–Crippen MR) is 120 cm³/mol. The summed E-state index contributed by atoms with van der Waals surface area (Å²) >= 11 is 0. The van der Waals surface area contributed by atoms with E-state index in [-0.39, 0.29) is 17.6 Å². The third kappa shape index (κ3) is 7.84. The first-order valence-corrected chi connectivity index (χ1v) is 11.9. The minimum Gasteiger partial charge on any atom is -0.385 e. The molecule has 0 bridgehead atoms. The summed E-state index contributed by atoms with van der Waals surface area (Å²) in [4.78, 5) is 16.0. The van der Waals surface area contributed by atoms with E-state index < -0.39 is 17.6 Å². The maximum atomic E-state index is 14.2. The van der Waals surface area contributed by atoms with Crippen molar-refractivity contribution in [2.75, 3.05) is 51.3 Å². The van der Waals surface area contributed by atoms with Crippen LogP contribution < -0.4 is 10.2 Å². The van der Waals surface area contributed by atoms with Crippen LogP contribution >= 0.6 is 0 Å². The number of hydrogen-bond acceptors (Lipinski definition) is 4. The molecule has 2 fully saturated rings. The van der Waals surface area contributed by atoms with E-state index >= 15 is 0 Å². The fraction of sp³-hybridized carbons (Fsp3) is 0.708. The SMILES string of the molecule is COCCCC(=O)NC1CCC(CCN2CCN(c3cc(C(F)(F)F)ccc3F)CC2)CC1. The van der Waals surface area contributed by atoms with Gasteiger partial charge in [0.15, 0.2) is 0 Å². The summed E-state index contributed by atoms with van der Waals surface area (Å²) in [7, 11) is 1.63. The van der Waals surface area contributed by atoms with Crippen LogP contribution in [0.1, 0.15) is 50.5 Å². The number of anilines is 1. The predicted octanol–water partition coefficient (Wildman–Crippen LogP) is 4.46. The van der Waals surface area contributed by atoms with Crippen molar-refractivity contribution < 1.29 is 27.1 Å². The van der Waals surface area contributed by atoms with Gasteiger partial charge in [-0.3, -0.25) is 9.69 Å². The van der Waals surface area contributed by atoms with Gasteiger partial charge >= 0.3 is 6.18 Å². The third-order valence-electron chi connectivity index (χ3n) is 6.80. The largest absolute Gasteiger partial charge is 0.416 e. The number of carbonyl (C=O) groups is 1. The van der Waals surface area contributed by atoms with Crippen LogP contribution in [0, 0.1) is 11.7 Å². The molecule has 9 heteroatoms. The molecule has 1 saturated carbocycles. The van der Waals surface area contributed by atoms with E-state index in [1.165, 1.54) is 0 Å². The monoisotopic (exact) mass is 473 g/mol. The first kappa shape index (κ1) is 25.7. The van der Waals surface area contributed by atoms with Crippen LogP contribution in [0.15, 0.2) is 18.2 Å². The Balaban J connectivity index is 1.36. The van der Waals surface area contributed by atoms with E-state index in [9.17, 15) is 22.4 Å². The molecule has 0 spiro atoms. The highest BCUT2D eigenvalue weighted by Gasteiger charge is 2.32. The van der Waals surface area contributed by atoms with Gasteiger partial charge in [0.2, 0.25) is 5.91 Å². The molecular weight excluding hydrogens is 438 g/mol. The summed E-state index contributed by atoms with van der Waals surface area (Å²) in [5.41, 5.74) is -0.782. The summed E-state index contributed by atoms with van der Waals surface area (Å²) in [6, 6.07) is 2.88. The fourth-order valence-corrected chi connectivity index (χ4v) is 4.78. The number of nitrogens with one attached hydrogen (secondary N) is 1. The molecule has 0 unspecified atom stereocenters. The molecule has 1 aromatic carbocycles. The molecule has 1 aliphatic heterocycles. The standard InChI is InChI=1S/C24H35F4N3O2/c1-33-16-2-3-23(32)29-20-7-4-18(5-8-20)10-11-30-12-14-31(15-13-30)22-17-19(24(26,27)28)6-9-21(22)25/h6,9,17-18,20H,2-5,7-8,10-16H2,1H3,(H,29,32). The maximum absolute atomic E-state index is 14.2. The molecule has 0 radical (unpaired) electrons. The van der Waals surface area contributed by atoms with Crippen molar-refractivity contribution in [2.45, 2.75) is 57.2 Å². The molecule has 186 valence electrons. The van der Waals surface area contributed by atoms with Crippen LogP contribution in [0.4, 0.5) is 23.2 Å². The van der Waals surface area contributed by atoms with Gasteiger partial charge in [0.05, 0.1) is 11.3 Å². The highest BCUT2D eigenvalue weighted by atomic mass is 19.4. The Morgan fingerprint density at radius 3 is 2.45 bits per heavy atom. The number of alkyl halides is 3. The van der Waals surface area contributed by atoms with Gasteiger partial charge in [0.25, 0.3) is 0 Å². The number of amides is 1. The van der Waals surface area contributed by atoms with Crippen LogP contribution in [-0.4, -0.2) is 63.3 Å². The van der Waals surface area contributed by atoms with Gasteiger partial charge in [-0.05, 0) is 69.2 Å². The number of piperazine rings is 1. The third-order valence-corrected chi connectivity index (χ3v) is 6.80. The average Bonchev–Trinajstić information content (AvgIpc) is 2.79. The van der Waals surface area contributed by atoms with Crippen molar-refractivity contribution in [3.05, 3.63) is 29.6 Å². The summed E-state index contributed by atoms with van der Waals surface area (Å²) in [6.45, 7) is 3.99.